The van der Waals surface area contributed by atoms with Gasteiger partial charge in [-0.25, -0.2) is 0 Å². The quantitative estimate of drug-likeness (QED) is 0.705. The Hall–Kier alpha value is -1.14. The molecule has 0 aromatic rings. The molecule has 1 aliphatic heterocycles. The Bertz CT molecular complexity index is 370. The Labute approximate surface area is 120 Å². The van der Waals surface area contributed by atoms with Gasteiger partial charge < -0.3 is 16.0 Å². The van der Waals surface area contributed by atoms with Crippen molar-refractivity contribution in [3.05, 3.63) is 0 Å². The number of hydrogen-bond donors (Lipinski definition) is 2. The van der Waals surface area contributed by atoms with Gasteiger partial charge in [-0.2, -0.15) is 0 Å². The third-order valence-corrected chi connectivity index (χ3v) is 4.16. The highest BCUT2D eigenvalue weighted by molar-refractivity contribution is 5.85. The van der Waals surface area contributed by atoms with Crippen molar-refractivity contribution in [2.45, 2.75) is 38.3 Å². The fourth-order valence-electron chi connectivity index (χ4n) is 2.51. The summed E-state index contributed by atoms with van der Waals surface area (Å²) >= 11 is 0. The predicted octanol–water partition coefficient (Wildman–Crippen LogP) is -0.607. The van der Waals surface area contributed by atoms with E-state index in [0.717, 1.165) is 32.4 Å². The molecule has 0 aromatic heterocycles. The van der Waals surface area contributed by atoms with E-state index in [1.54, 1.807) is 7.05 Å². The molecule has 6 heteroatoms. The molecular weight excluding hydrogens is 256 g/mol. The summed E-state index contributed by atoms with van der Waals surface area (Å²) in [6.45, 7) is 4.37. The molecule has 114 valence electrons. The van der Waals surface area contributed by atoms with Crippen LogP contribution in [0, 0.1) is 5.92 Å². The van der Waals surface area contributed by atoms with Crippen LogP contribution in [-0.4, -0.2) is 66.9 Å². The molecule has 0 bridgehead atoms. The molecule has 1 aliphatic carbocycles. The third kappa shape index (κ3) is 4.45. The van der Waals surface area contributed by atoms with Crippen molar-refractivity contribution in [1.29, 1.82) is 0 Å². The van der Waals surface area contributed by atoms with E-state index in [-0.39, 0.29) is 24.4 Å². The predicted molar refractivity (Wildman–Crippen MR) is 77.0 cm³/mol. The summed E-state index contributed by atoms with van der Waals surface area (Å²) in [5.41, 5.74) is 5.97. The number of nitrogens with two attached hydrogens (primary N) is 1. The van der Waals surface area contributed by atoms with Crippen LogP contribution >= 0.6 is 0 Å². The van der Waals surface area contributed by atoms with E-state index in [0.29, 0.717) is 18.5 Å². The van der Waals surface area contributed by atoms with Gasteiger partial charge in [-0.1, -0.05) is 6.92 Å². The van der Waals surface area contributed by atoms with Gasteiger partial charge in [-0.15, -0.1) is 0 Å². The summed E-state index contributed by atoms with van der Waals surface area (Å²) in [5, 5.41) is 2.89. The lowest BCUT2D eigenvalue weighted by atomic mass is 9.95. The van der Waals surface area contributed by atoms with Gasteiger partial charge in [-0.05, 0) is 25.2 Å². The molecule has 1 saturated carbocycles. The van der Waals surface area contributed by atoms with Crippen LogP contribution in [0.5, 0.6) is 0 Å². The highest BCUT2D eigenvalue weighted by atomic mass is 16.2. The zero-order valence-electron chi connectivity index (χ0n) is 12.5. The monoisotopic (exact) mass is 282 g/mol. The van der Waals surface area contributed by atoms with Gasteiger partial charge in [-0.3, -0.25) is 14.5 Å². The van der Waals surface area contributed by atoms with Crippen LogP contribution in [0.25, 0.3) is 0 Å². The van der Waals surface area contributed by atoms with Crippen LogP contribution in [0.4, 0.5) is 0 Å². The van der Waals surface area contributed by atoms with Gasteiger partial charge in [0.15, 0.2) is 0 Å². The number of carbonyl (C=O) groups is 2. The Morgan fingerprint density at radius 2 is 2.05 bits per heavy atom. The zero-order valence-corrected chi connectivity index (χ0v) is 12.5. The fourth-order valence-corrected chi connectivity index (χ4v) is 2.51. The van der Waals surface area contributed by atoms with Gasteiger partial charge >= 0.3 is 0 Å². The average molecular weight is 282 g/mol. The second-order valence-corrected chi connectivity index (χ2v) is 6.26. The van der Waals surface area contributed by atoms with E-state index < -0.39 is 0 Å². The molecule has 6 nitrogen and oxygen atoms in total. The zero-order chi connectivity index (χ0) is 14.7. The highest BCUT2D eigenvalue weighted by Gasteiger charge is 2.27. The first kappa shape index (κ1) is 15.3. The number of carbonyl (C=O) groups excluding carboxylic acids is 2. The Morgan fingerprint density at radius 1 is 1.35 bits per heavy atom. The van der Waals surface area contributed by atoms with Crippen molar-refractivity contribution in [2.24, 2.45) is 11.7 Å². The molecule has 0 aromatic carbocycles. The molecule has 0 spiro atoms. The van der Waals surface area contributed by atoms with Crippen molar-refractivity contribution < 1.29 is 9.59 Å². The summed E-state index contributed by atoms with van der Waals surface area (Å²) in [6.07, 6.45) is 3.06. The molecule has 1 heterocycles. The first-order valence-corrected chi connectivity index (χ1v) is 7.47. The molecule has 0 radical (unpaired) electrons. The highest BCUT2D eigenvalue weighted by Crippen LogP contribution is 2.18. The first-order valence-electron chi connectivity index (χ1n) is 7.47. The van der Waals surface area contributed by atoms with Crippen molar-refractivity contribution in [2.75, 3.05) is 33.2 Å². The molecular formula is C14H26N4O2. The standard InChI is InChI=1S/C14H26N4O2/c1-10-7-18(6-5-12(10)15)9-14(20)17(2)8-13(19)16-11-3-4-11/h10-12H,3-9,15H2,1-2H3,(H,16,19). The molecule has 2 fully saturated rings. The average Bonchev–Trinajstić information content (AvgIpc) is 3.17. The van der Waals surface area contributed by atoms with Crippen LogP contribution in [0.2, 0.25) is 0 Å². The van der Waals surface area contributed by atoms with Gasteiger partial charge in [0.05, 0.1) is 13.1 Å². The van der Waals surface area contributed by atoms with Gasteiger partial charge in [0.25, 0.3) is 0 Å². The lowest BCUT2D eigenvalue weighted by Gasteiger charge is -2.35. The Kier molecular flexibility index (Phi) is 4.99. The van der Waals surface area contributed by atoms with Crippen molar-refractivity contribution >= 4 is 11.8 Å². The number of likely N-dealkylation sites (N-methyl/N-ethyl adjacent to an activating group) is 1. The van der Waals surface area contributed by atoms with Crippen LogP contribution in [0.3, 0.4) is 0 Å². The van der Waals surface area contributed by atoms with E-state index in [4.69, 9.17) is 5.73 Å². The second kappa shape index (κ2) is 6.54. The topological polar surface area (TPSA) is 78.7 Å². The number of likely N-dealkylation sites (tertiary alicyclic amines) is 1. The Balaban J connectivity index is 1.71. The molecule has 2 unspecified atom stereocenters. The molecule has 20 heavy (non-hydrogen) atoms. The third-order valence-electron chi connectivity index (χ3n) is 4.16. The van der Waals surface area contributed by atoms with Crippen molar-refractivity contribution in [3.8, 4) is 0 Å². The van der Waals surface area contributed by atoms with E-state index in [1.807, 2.05) is 0 Å². The summed E-state index contributed by atoms with van der Waals surface area (Å²) in [6, 6.07) is 0.582. The largest absolute Gasteiger partial charge is 0.352 e. The molecule has 2 rings (SSSR count). The maximum absolute atomic E-state index is 12.1. The SMILES string of the molecule is CC1CN(CC(=O)N(C)CC(=O)NC2CC2)CCC1N. The number of piperidine rings is 1. The summed E-state index contributed by atoms with van der Waals surface area (Å²) in [4.78, 5) is 27.4. The van der Waals surface area contributed by atoms with E-state index in [9.17, 15) is 9.59 Å². The smallest absolute Gasteiger partial charge is 0.239 e. The number of nitrogens with one attached hydrogen (secondary N) is 1. The van der Waals surface area contributed by atoms with Crippen LogP contribution in [0.1, 0.15) is 26.2 Å². The minimum absolute atomic E-state index is 0.00128. The van der Waals surface area contributed by atoms with Crippen molar-refractivity contribution in [1.82, 2.24) is 15.1 Å². The maximum Gasteiger partial charge on any atom is 0.239 e. The molecule has 1 saturated heterocycles. The van der Waals surface area contributed by atoms with E-state index in [1.165, 1.54) is 4.90 Å². The molecule has 2 amide bonds. The van der Waals surface area contributed by atoms with Crippen LogP contribution in [0.15, 0.2) is 0 Å². The van der Waals surface area contributed by atoms with Gasteiger partial charge in [0.1, 0.15) is 0 Å². The van der Waals surface area contributed by atoms with Crippen LogP contribution in [-0.2, 0) is 9.59 Å². The molecule has 3 N–H and O–H groups in total. The Morgan fingerprint density at radius 3 is 2.65 bits per heavy atom. The van der Waals surface area contributed by atoms with Gasteiger partial charge in [0, 0.05) is 32.2 Å². The number of rotatable bonds is 5. The summed E-state index contributed by atoms with van der Waals surface area (Å²) in [5.74, 6) is 0.357. The minimum Gasteiger partial charge on any atom is -0.352 e. The van der Waals surface area contributed by atoms with E-state index in [2.05, 4.69) is 17.1 Å². The number of hydrogen-bond acceptors (Lipinski definition) is 4. The second-order valence-electron chi connectivity index (χ2n) is 6.26. The minimum atomic E-state index is -0.0580. The molecule has 2 aliphatic rings. The molecule has 2 atom stereocenters. The first-order chi connectivity index (χ1) is 9.45. The lowest BCUT2D eigenvalue weighted by molar-refractivity contribution is -0.136. The lowest BCUT2D eigenvalue weighted by Crippen LogP contribution is -2.50. The van der Waals surface area contributed by atoms with Crippen LogP contribution < -0.4 is 11.1 Å². The van der Waals surface area contributed by atoms with Gasteiger partial charge in [0.2, 0.25) is 11.8 Å². The maximum atomic E-state index is 12.1. The van der Waals surface area contributed by atoms with Crippen molar-refractivity contribution in [3.63, 3.8) is 0 Å². The summed E-state index contributed by atoms with van der Waals surface area (Å²) < 4.78 is 0. The fraction of sp³-hybridized carbons (Fsp3) is 0.857. The van der Waals surface area contributed by atoms with E-state index >= 15 is 0 Å². The number of nitrogens with zero attached hydrogens (tertiary/aromatic N) is 2. The number of amides is 2. The normalized spacial score (nSPS) is 27.1. The summed E-state index contributed by atoms with van der Waals surface area (Å²) in [7, 11) is 1.69.